The topological polar surface area (TPSA) is 37.4 Å². The van der Waals surface area contributed by atoms with E-state index in [1.807, 2.05) is 6.92 Å². The number of halogens is 3. The van der Waals surface area contributed by atoms with Gasteiger partial charge in [0.05, 0.1) is 11.6 Å². The van der Waals surface area contributed by atoms with Crippen LogP contribution in [0.3, 0.4) is 0 Å². The van der Waals surface area contributed by atoms with Crippen LogP contribution in [0, 0.1) is 6.92 Å². The molecule has 0 aliphatic rings. The van der Waals surface area contributed by atoms with Crippen molar-refractivity contribution in [2.75, 3.05) is 7.05 Å². The number of hydrogen-bond acceptors (Lipinski definition) is 2. The van der Waals surface area contributed by atoms with Crippen LogP contribution in [0.15, 0.2) is 48.5 Å². The third-order valence-corrected chi connectivity index (χ3v) is 4.08. The molecule has 0 saturated carbocycles. The summed E-state index contributed by atoms with van der Waals surface area (Å²) in [6.45, 7) is 3.49. The first-order valence-corrected chi connectivity index (χ1v) is 7.66. The number of carbonyl (C=O) groups excluding carboxylic acids is 2. The van der Waals surface area contributed by atoms with E-state index in [1.54, 1.807) is 31.2 Å². The first-order chi connectivity index (χ1) is 11.6. The zero-order valence-electron chi connectivity index (χ0n) is 14.1. The fourth-order valence-corrected chi connectivity index (χ4v) is 2.32. The van der Waals surface area contributed by atoms with E-state index in [4.69, 9.17) is 0 Å². The summed E-state index contributed by atoms with van der Waals surface area (Å²) in [4.78, 5) is 26.1. The van der Waals surface area contributed by atoms with E-state index in [0.717, 1.165) is 29.8 Å². The summed E-state index contributed by atoms with van der Waals surface area (Å²) in [5.41, 5.74) is 0.762. The van der Waals surface area contributed by atoms with Gasteiger partial charge in [-0.05, 0) is 38.1 Å². The first-order valence-electron chi connectivity index (χ1n) is 7.66. The van der Waals surface area contributed by atoms with Crippen LogP contribution < -0.4 is 0 Å². The summed E-state index contributed by atoms with van der Waals surface area (Å²) in [7, 11) is 1.46. The van der Waals surface area contributed by atoms with Gasteiger partial charge in [0.15, 0.2) is 5.78 Å². The standard InChI is InChI=1S/C19H18F3NO2/c1-12-4-6-14(7-5-12)17(24)13(2)23(3)18(25)15-8-10-16(11-9-15)19(20,21)22/h4-11,13H,1-3H3. The molecule has 0 saturated heterocycles. The Labute approximate surface area is 144 Å². The Kier molecular flexibility index (Phi) is 5.30. The van der Waals surface area contributed by atoms with Gasteiger partial charge in [-0.15, -0.1) is 0 Å². The lowest BCUT2D eigenvalue weighted by atomic mass is 10.0. The largest absolute Gasteiger partial charge is 0.416 e. The van der Waals surface area contributed by atoms with E-state index in [9.17, 15) is 22.8 Å². The molecule has 3 nitrogen and oxygen atoms in total. The van der Waals surface area contributed by atoms with Crippen LogP contribution in [0.4, 0.5) is 13.2 Å². The quantitative estimate of drug-likeness (QED) is 0.769. The molecule has 0 radical (unpaired) electrons. The Morgan fingerprint density at radius 3 is 1.88 bits per heavy atom. The van der Waals surface area contributed by atoms with Gasteiger partial charge in [-0.25, -0.2) is 0 Å². The van der Waals surface area contributed by atoms with Crippen molar-refractivity contribution in [2.24, 2.45) is 0 Å². The monoisotopic (exact) mass is 349 g/mol. The predicted octanol–water partition coefficient (Wildman–Crippen LogP) is 4.36. The molecule has 1 atom stereocenters. The van der Waals surface area contributed by atoms with Crippen LogP contribution in [-0.4, -0.2) is 29.7 Å². The van der Waals surface area contributed by atoms with Crippen LogP contribution in [0.1, 0.15) is 38.8 Å². The van der Waals surface area contributed by atoms with Crippen molar-refractivity contribution in [1.82, 2.24) is 4.90 Å². The number of amides is 1. The maximum atomic E-state index is 12.6. The van der Waals surface area contributed by atoms with E-state index in [2.05, 4.69) is 0 Å². The van der Waals surface area contributed by atoms with Crippen molar-refractivity contribution < 1.29 is 22.8 Å². The average molecular weight is 349 g/mol. The highest BCUT2D eigenvalue weighted by atomic mass is 19.4. The van der Waals surface area contributed by atoms with Gasteiger partial charge in [0.2, 0.25) is 0 Å². The van der Waals surface area contributed by atoms with Crippen molar-refractivity contribution in [2.45, 2.75) is 26.1 Å². The Morgan fingerprint density at radius 2 is 1.40 bits per heavy atom. The Hall–Kier alpha value is -2.63. The van der Waals surface area contributed by atoms with E-state index >= 15 is 0 Å². The van der Waals surface area contributed by atoms with Crippen LogP contribution in [0.2, 0.25) is 0 Å². The second-order valence-electron chi connectivity index (χ2n) is 5.90. The van der Waals surface area contributed by atoms with Crippen molar-refractivity contribution in [3.05, 3.63) is 70.8 Å². The highest BCUT2D eigenvalue weighted by Crippen LogP contribution is 2.29. The Morgan fingerprint density at radius 1 is 0.920 bits per heavy atom. The minimum atomic E-state index is -4.46. The molecule has 0 spiro atoms. The lowest BCUT2D eigenvalue weighted by Gasteiger charge is -2.24. The number of alkyl halides is 3. The van der Waals surface area contributed by atoms with Gasteiger partial charge < -0.3 is 4.90 Å². The molecule has 2 aromatic carbocycles. The molecule has 0 aliphatic heterocycles. The van der Waals surface area contributed by atoms with Gasteiger partial charge in [-0.3, -0.25) is 9.59 Å². The van der Waals surface area contributed by atoms with E-state index in [1.165, 1.54) is 11.9 Å². The number of rotatable bonds is 4. The van der Waals surface area contributed by atoms with Gasteiger partial charge in [0, 0.05) is 18.2 Å². The van der Waals surface area contributed by atoms with Gasteiger partial charge in [-0.1, -0.05) is 29.8 Å². The molecule has 0 heterocycles. The summed E-state index contributed by atoms with van der Waals surface area (Å²) in [5.74, 6) is -0.746. The van der Waals surface area contributed by atoms with Crippen LogP contribution in [-0.2, 0) is 6.18 Å². The summed E-state index contributed by atoms with van der Waals surface area (Å²) in [5, 5.41) is 0. The lowest BCUT2D eigenvalue weighted by Crippen LogP contribution is -2.40. The van der Waals surface area contributed by atoms with Crippen LogP contribution >= 0.6 is 0 Å². The zero-order chi connectivity index (χ0) is 18.8. The van der Waals surface area contributed by atoms with Gasteiger partial charge in [0.1, 0.15) is 0 Å². The van der Waals surface area contributed by atoms with Crippen LogP contribution in [0.25, 0.3) is 0 Å². The third kappa shape index (κ3) is 4.26. The number of nitrogens with zero attached hydrogens (tertiary/aromatic N) is 1. The second kappa shape index (κ2) is 7.09. The fourth-order valence-electron chi connectivity index (χ4n) is 2.32. The minimum Gasteiger partial charge on any atom is -0.332 e. The number of Topliss-reactive ketones (excluding diaryl/α,β-unsaturated/α-hetero) is 1. The molecule has 2 rings (SSSR count). The molecule has 6 heteroatoms. The number of likely N-dealkylation sites (N-methyl/N-ethyl adjacent to an activating group) is 1. The van der Waals surface area contributed by atoms with Gasteiger partial charge in [-0.2, -0.15) is 13.2 Å². The maximum Gasteiger partial charge on any atom is 0.416 e. The molecule has 2 aromatic rings. The molecule has 0 N–H and O–H groups in total. The highest BCUT2D eigenvalue weighted by molar-refractivity contribution is 6.04. The van der Waals surface area contributed by atoms with Crippen molar-refractivity contribution in [3.63, 3.8) is 0 Å². The van der Waals surface area contributed by atoms with Crippen molar-refractivity contribution in [3.8, 4) is 0 Å². The molecule has 0 fully saturated rings. The molecule has 1 unspecified atom stereocenters. The van der Waals surface area contributed by atoms with E-state index in [-0.39, 0.29) is 11.3 Å². The molecular formula is C19H18F3NO2. The normalized spacial score (nSPS) is 12.6. The predicted molar refractivity (Wildman–Crippen MR) is 88.5 cm³/mol. The second-order valence-corrected chi connectivity index (χ2v) is 5.90. The summed E-state index contributed by atoms with van der Waals surface area (Å²) in [6.07, 6.45) is -4.46. The fraction of sp³-hybridized carbons (Fsp3) is 0.263. The molecule has 0 bridgehead atoms. The number of ketones is 1. The average Bonchev–Trinajstić information content (AvgIpc) is 2.59. The molecule has 1 amide bonds. The highest BCUT2D eigenvalue weighted by Gasteiger charge is 2.31. The third-order valence-electron chi connectivity index (χ3n) is 4.08. The minimum absolute atomic E-state index is 0.0963. The van der Waals surface area contributed by atoms with Gasteiger partial charge >= 0.3 is 6.18 Å². The SMILES string of the molecule is Cc1ccc(C(=O)C(C)N(C)C(=O)c2ccc(C(F)(F)F)cc2)cc1. The number of benzene rings is 2. The number of aryl methyl sites for hydroxylation is 1. The zero-order valence-corrected chi connectivity index (χ0v) is 14.1. The van der Waals surface area contributed by atoms with Crippen molar-refractivity contribution in [1.29, 1.82) is 0 Å². The smallest absolute Gasteiger partial charge is 0.332 e. The van der Waals surface area contributed by atoms with Gasteiger partial charge in [0.25, 0.3) is 5.91 Å². The molecule has 0 aliphatic carbocycles. The summed E-state index contributed by atoms with van der Waals surface area (Å²) in [6, 6.07) is 10.2. The lowest BCUT2D eigenvalue weighted by molar-refractivity contribution is -0.137. The summed E-state index contributed by atoms with van der Waals surface area (Å²) < 4.78 is 37.8. The summed E-state index contributed by atoms with van der Waals surface area (Å²) >= 11 is 0. The Balaban J connectivity index is 2.15. The molecular weight excluding hydrogens is 331 g/mol. The Bertz CT molecular complexity index is 765. The van der Waals surface area contributed by atoms with Crippen LogP contribution in [0.5, 0.6) is 0 Å². The molecule has 132 valence electrons. The number of hydrogen-bond donors (Lipinski definition) is 0. The molecule has 0 aromatic heterocycles. The van der Waals surface area contributed by atoms with Crippen molar-refractivity contribution >= 4 is 11.7 Å². The van der Waals surface area contributed by atoms with E-state index < -0.39 is 23.7 Å². The molecule has 25 heavy (non-hydrogen) atoms. The first kappa shape index (κ1) is 18.7. The van der Waals surface area contributed by atoms with E-state index in [0.29, 0.717) is 5.56 Å². The number of carbonyl (C=O) groups is 2. The maximum absolute atomic E-state index is 12.6.